The standard InChI is InChI=1S/C36H46N4O9S/c1-24-20-40(25(2)22-41)35(42)30-18-28(38-50(44,45)29-11-6-5-7-12-29)14-15-31(30)49-26(3)10-8-9-17-46-34(24)21-39(4)36(43)37-27-13-16-32-33(19-27)48-23-47-32/h5-7,11-16,18-19,24-26,34,38,41H,8-10,17,20-23H2,1-4H3,(H,37,43)/t24-,25-,26-,34+/m1/s1. The van der Waals surface area contributed by atoms with Crippen molar-refractivity contribution < 1.29 is 42.1 Å². The van der Waals surface area contributed by atoms with E-state index in [9.17, 15) is 23.1 Å². The number of nitrogens with zero attached hydrogens (tertiary/aromatic N) is 2. The third-order valence-electron chi connectivity index (χ3n) is 8.78. The van der Waals surface area contributed by atoms with Crippen LogP contribution in [0.4, 0.5) is 16.2 Å². The fourth-order valence-corrected chi connectivity index (χ4v) is 6.88. The highest BCUT2D eigenvalue weighted by Crippen LogP contribution is 2.34. The maximum Gasteiger partial charge on any atom is 0.321 e. The molecule has 0 aliphatic carbocycles. The number of hydrogen-bond acceptors (Lipinski definition) is 9. The zero-order valence-corrected chi connectivity index (χ0v) is 29.6. The number of benzene rings is 3. The molecule has 3 aromatic rings. The first kappa shape index (κ1) is 36.7. The van der Waals surface area contributed by atoms with Gasteiger partial charge in [-0.3, -0.25) is 9.52 Å². The van der Waals surface area contributed by atoms with Crippen molar-refractivity contribution in [2.75, 3.05) is 50.2 Å². The molecule has 0 unspecified atom stereocenters. The average molecular weight is 711 g/mol. The van der Waals surface area contributed by atoms with Crippen LogP contribution in [0.2, 0.25) is 0 Å². The molecule has 2 aliphatic rings. The van der Waals surface area contributed by atoms with Gasteiger partial charge in [0.2, 0.25) is 6.79 Å². The van der Waals surface area contributed by atoms with E-state index in [0.29, 0.717) is 36.0 Å². The van der Waals surface area contributed by atoms with Gasteiger partial charge in [0.05, 0.1) is 35.3 Å². The number of ether oxygens (including phenoxy) is 4. The number of fused-ring (bicyclic) bond motifs is 2. The lowest BCUT2D eigenvalue weighted by atomic mass is 10.0. The van der Waals surface area contributed by atoms with Crippen molar-refractivity contribution in [2.45, 2.75) is 63.2 Å². The lowest BCUT2D eigenvalue weighted by molar-refractivity contribution is -0.0115. The minimum Gasteiger partial charge on any atom is -0.490 e. The molecule has 5 rings (SSSR count). The predicted octanol–water partition coefficient (Wildman–Crippen LogP) is 5.18. The maximum atomic E-state index is 14.4. The molecule has 270 valence electrons. The zero-order valence-electron chi connectivity index (χ0n) is 28.8. The van der Waals surface area contributed by atoms with Gasteiger partial charge in [0, 0.05) is 50.1 Å². The van der Waals surface area contributed by atoms with Crippen LogP contribution in [0.1, 0.15) is 50.4 Å². The van der Waals surface area contributed by atoms with Gasteiger partial charge in [0.15, 0.2) is 11.5 Å². The second-order valence-electron chi connectivity index (χ2n) is 12.8. The fourth-order valence-electron chi connectivity index (χ4n) is 5.81. The number of hydrogen-bond donors (Lipinski definition) is 3. The molecule has 13 nitrogen and oxygen atoms in total. The Morgan fingerprint density at radius 2 is 1.72 bits per heavy atom. The van der Waals surface area contributed by atoms with Crippen molar-refractivity contribution in [2.24, 2.45) is 5.92 Å². The minimum atomic E-state index is -3.93. The van der Waals surface area contributed by atoms with Crippen LogP contribution in [0.25, 0.3) is 0 Å². The van der Waals surface area contributed by atoms with Gasteiger partial charge in [0.1, 0.15) is 5.75 Å². The van der Waals surface area contributed by atoms with Crippen LogP contribution in [0.3, 0.4) is 0 Å². The summed E-state index contributed by atoms with van der Waals surface area (Å²) in [6, 6.07) is 16.8. The molecule has 0 bridgehead atoms. The molecule has 0 radical (unpaired) electrons. The Balaban J connectivity index is 1.38. The van der Waals surface area contributed by atoms with E-state index in [-0.39, 0.29) is 60.7 Å². The molecule has 3 aromatic carbocycles. The number of sulfonamides is 1. The van der Waals surface area contributed by atoms with Gasteiger partial charge >= 0.3 is 6.03 Å². The Morgan fingerprint density at radius 1 is 1.00 bits per heavy atom. The first-order chi connectivity index (χ1) is 23.9. The van der Waals surface area contributed by atoms with Gasteiger partial charge in [0.25, 0.3) is 15.9 Å². The second kappa shape index (κ2) is 16.5. The number of urea groups is 1. The van der Waals surface area contributed by atoms with Crippen molar-refractivity contribution in [1.82, 2.24) is 9.80 Å². The Bertz CT molecular complexity index is 1740. The van der Waals surface area contributed by atoms with E-state index in [1.54, 1.807) is 67.4 Å². The van der Waals surface area contributed by atoms with Crippen LogP contribution >= 0.6 is 0 Å². The summed E-state index contributed by atoms with van der Waals surface area (Å²) < 4.78 is 52.3. The molecule has 2 heterocycles. The number of aliphatic hydroxyl groups is 1. The molecule has 0 fully saturated rings. The van der Waals surface area contributed by atoms with Crippen LogP contribution in [0.5, 0.6) is 17.2 Å². The van der Waals surface area contributed by atoms with E-state index in [0.717, 1.165) is 12.8 Å². The van der Waals surface area contributed by atoms with E-state index in [2.05, 4.69) is 10.0 Å². The van der Waals surface area contributed by atoms with Crippen LogP contribution in [0, 0.1) is 5.92 Å². The predicted molar refractivity (Wildman–Crippen MR) is 188 cm³/mol. The van der Waals surface area contributed by atoms with Crippen molar-refractivity contribution in [3.63, 3.8) is 0 Å². The molecule has 0 aromatic heterocycles. The Morgan fingerprint density at radius 3 is 2.48 bits per heavy atom. The number of aliphatic hydroxyl groups excluding tert-OH is 1. The molecule has 3 amide bonds. The third kappa shape index (κ3) is 9.17. The fraction of sp³-hybridized carbons (Fsp3) is 0.444. The molecule has 0 saturated carbocycles. The van der Waals surface area contributed by atoms with Crippen LogP contribution in [-0.2, 0) is 14.8 Å². The highest BCUT2D eigenvalue weighted by Gasteiger charge is 2.31. The highest BCUT2D eigenvalue weighted by molar-refractivity contribution is 7.92. The monoisotopic (exact) mass is 710 g/mol. The number of carbonyl (C=O) groups excluding carboxylic acids is 2. The van der Waals surface area contributed by atoms with Crippen molar-refractivity contribution in [3.8, 4) is 17.2 Å². The number of likely N-dealkylation sites (N-methyl/N-ethyl adjacent to an activating group) is 1. The molecular formula is C36H46N4O9S. The van der Waals surface area contributed by atoms with Crippen molar-refractivity contribution in [3.05, 3.63) is 72.3 Å². The maximum absolute atomic E-state index is 14.4. The molecule has 14 heteroatoms. The van der Waals surface area contributed by atoms with Crippen LogP contribution < -0.4 is 24.2 Å². The van der Waals surface area contributed by atoms with Gasteiger partial charge in [-0.25, -0.2) is 13.2 Å². The van der Waals surface area contributed by atoms with Gasteiger partial charge < -0.3 is 39.2 Å². The van der Waals surface area contributed by atoms with Crippen LogP contribution in [0.15, 0.2) is 71.6 Å². The van der Waals surface area contributed by atoms with Gasteiger partial charge in [-0.05, 0) is 75.6 Å². The van der Waals surface area contributed by atoms with E-state index in [1.807, 2.05) is 13.8 Å². The largest absolute Gasteiger partial charge is 0.490 e. The number of nitrogens with one attached hydrogen (secondary N) is 2. The van der Waals surface area contributed by atoms with E-state index >= 15 is 0 Å². The Kier molecular flexibility index (Phi) is 12.1. The van der Waals surface area contributed by atoms with Crippen molar-refractivity contribution >= 4 is 33.3 Å². The topological polar surface area (TPSA) is 156 Å². The number of rotatable bonds is 8. The quantitative estimate of drug-likeness (QED) is 0.287. The molecule has 50 heavy (non-hydrogen) atoms. The smallest absolute Gasteiger partial charge is 0.321 e. The summed E-state index contributed by atoms with van der Waals surface area (Å²) in [6.45, 7) is 6.27. The van der Waals surface area contributed by atoms with Crippen LogP contribution in [-0.4, -0.2) is 93.7 Å². The second-order valence-corrected chi connectivity index (χ2v) is 14.5. The molecule has 3 N–H and O–H groups in total. The molecule has 4 atom stereocenters. The van der Waals surface area contributed by atoms with E-state index < -0.39 is 28.1 Å². The first-order valence-electron chi connectivity index (χ1n) is 16.8. The summed E-state index contributed by atoms with van der Waals surface area (Å²) in [5.41, 5.74) is 0.909. The summed E-state index contributed by atoms with van der Waals surface area (Å²) in [5, 5.41) is 13.1. The normalized spacial score (nSPS) is 20.5. The van der Waals surface area contributed by atoms with E-state index in [1.165, 1.54) is 23.1 Å². The summed E-state index contributed by atoms with van der Waals surface area (Å²) in [4.78, 5) is 30.8. The molecular weight excluding hydrogens is 664 g/mol. The number of anilines is 2. The zero-order chi connectivity index (χ0) is 35.8. The molecule has 0 saturated heterocycles. The summed E-state index contributed by atoms with van der Waals surface area (Å²) in [7, 11) is -2.25. The molecule has 0 spiro atoms. The Hall–Kier alpha value is -4.53. The minimum absolute atomic E-state index is 0.0845. The van der Waals surface area contributed by atoms with Gasteiger partial charge in [-0.1, -0.05) is 25.1 Å². The summed E-state index contributed by atoms with van der Waals surface area (Å²) >= 11 is 0. The van der Waals surface area contributed by atoms with Crippen molar-refractivity contribution in [1.29, 1.82) is 0 Å². The number of carbonyl (C=O) groups is 2. The average Bonchev–Trinajstić information content (AvgIpc) is 3.57. The summed E-state index contributed by atoms with van der Waals surface area (Å²) in [6.07, 6.45) is 1.54. The Labute approximate surface area is 293 Å². The SMILES string of the molecule is C[C@@H]1CCCCO[C@@H](CN(C)C(=O)Nc2ccc3c(c2)OCO3)[C@H](C)CN([C@H](C)CO)C(=O)c2cc(NS(=O)(=O)c3ccccc3)ccc2O1. The summed E-state index contributed by atoms with van der Waals surface area (Å²) in [5.74, 6) is 0.768. The first-order valence-corrected chi connectivity index (χ1v) is 18.3. The van der Waals surface area contributed by atoms with E-state index in [4.69, 9.17) is 18.9 Å². The number of amides is 3. The lowest BCUT2D eigenvalue weighted by Gasteiger charge is -2.35. The lowest BCUT2D eigenvalue weighted by Crippen LogP contribution is -2.48. The molecule has 2 aliphatic heterocycles. The van der Waals surface area contributed by atoms with Gasteiger partial charge in [-0.15, -0.1) is 0 Å². The van der Waals surface area contributed by atoms with Gasteiger partial charge in [-0.2, -0.15) is 0 Å². The highest BCUT2D eigenvalue weighted by atomic mass is 32.2. The third-order valence-corrected chi connectivity index (χ3v) is 10.2.